The van der Waals surface area contributed by atoms with Crippen LogP contribution in [0.1, 0.15) is 58.0 Å². The molecule has 0 aliphatic carbocycles. The van der Waals surface area contributed by atoms with Crippen molar-refractivity contribution in [2.75, 3.05) is 11.5 Å². The van der Waals surface area contributed by atoms with Crippen molar-refractivity contribution in [2.45, 2.75) is 25.9 Å². The van der Waals surface area contributed by atoms with Crippen LogP contribution in [0.2, 0.25) is 0 Å². The molecule has 4 heterocycles. The van der Waals surface area contributed by atoms with Gasteiger partial charge in [0.25, 0.3) is 5.91 Å². The molecule has 0 spiro atoms. The zero-order chi connectivity index (χ0) is 48.3. The molecule has 0 fully saturated rings. The molecule has 13 heteroatoms. The van der Waals surface area contributed by atoms with Gasteiger partial charge in [-0.1, -0.05) is 146 Å². The molecule has 0 saturated heterocycles. The number of hydrogen-bond acceptors (Lipinski definition) is 11. The predicted molar refractivity (Wildman–Crippen MR) is 274 cm³/mol. The fraction of sp³-hybridized carbons (Fsp3) is 0.0714. The van der Waals surface area contributed by atoms with Crippen molar-refractivity contribution in [3.05, 3.63) is 217 Å². The molecular weight excluding hydrogens is 861 g/mol. The number of aromatic carboxylic acids is 1. The zero-order valence-electron chi connectivity index (χ0n) is 37.8. The second kappa shape index (κ2) is 21.4. The van der Waals surface area contributed by atoms with Crippen LogP contribution in [-0.4, -0.2) is 46.9 Å². The van der Waals surface area contributed by atoms with Crippen LogP contribution < -0.4 is 22.5 Å². The number of carbonyl (C=O) groups excluding carboxylic acids is 1. The number of hydrogen-bond donors (Lipinski definition) is 5. The Morgan fingerprint density at radius 3 is 1.32 bits per heavy atom. The molecule has 340 valence electrons. The van der Waals surface area contributed by atoms with Crippen molar-refractivity contribution in [1.29, 1.82) is 0 Å². The molecule has 0 radical (unpaired) electrons. The highest BCUT2D eigenvalue weighted by Gasteiger charge is 2.22. The molecule has 8 N–H and O–H groups in total. The molecule has 10 rings (SSSR count). The van der Waals surface area contributed by atoms with E-state index < -0.39 is 5.97 Å². The number of carboxylic acids is 1. The molecule has 69 heavy (non-hydrogen) atoms. The fourth-order valence-corrected chi connectivity index (χ4v) is 7.51. The summed E-state index contributed by atoms with van der Waals surface area (Å²) in [5.41, 5.74) is 26.9. The Morgan fingerprint density at radius 2 is 0.884 bits per heavy atom. The SMILES string of the molecule is CC(N)c1ccccc1.CC(NC(=O)c1nc(-c2ccc3ncccc3c2)c(-c2ccccc2)nc1N)c1ccccc1.Nc1nc(-c2ccccc2)c(-c2ccc3ncccc3c2)nc1C(=O)O. The van der Waals surface area contributed by atoms with Gasteiger partial charge < -0.3 is 27.6 Å². The Balaban J connectivity index is 0.000000161. The Hall–Kier alpha value is -9.20. The average Bonchev–Trinajstić information content (AvgIpc) is 3.39. The largest absolute Gasteiger partial charge is 0.476 e. The number of nitrogens with two attached hydrogens (primary N) is 3. The van der Waals surface area contributed by atoms with Crippen LogP contribution in [0.5, 0.6) is 0 Å². The molecule has 4 aromatic heterocycles. The highest BCUT2D eigenvalue weighted by Crippen LogP contribution is 2.34. The normalized spacial score (nSPS) is 11.6. The van der Waals surface area contributed by atoms with Gasteiger partial charge in [-0.15, -0.1) is 0 Å². The lowest BCUT2D eigenvalue weighted by molar-refractivity contribution is 0.0691. The van der Waals surface area contributed by atoms with E-state index in [0.29, 0.717) is 22.8 Å². The summed E-state index contributed by atoms with van der Waals surface area (Å²) in [6.45, 7) is 3.90. The quantitative estimate of drug-likeness (QED) is 0.0913. The Morgan fingerprint density at radius 1 is 0.478 bits per heavy atom. The van der Waals surface area contributed by atoms with Crippen molar-refractivity contribution in [1.82, 2.24) is 35.2 Å². The number of carboxylic acid groups (broad SMARTS) is 1. The lowest BCUT2D eigenvalue weighted by Crippen LogP contribution is -2.28. The summed E-state index contributed by atoms with van der Waals surface area (Å²) >= 11 is 0. The number of nitrogens with zero attached hydrogens (tertiary/aromatic N) is 6. The lowest BCUT2D eigenvalue weighted by Gasteiger charge is -2.16. The van der Waals surface area contributed by atoms with E-state index in [-0.39, 0.29) is 41.0 Å². The third-order valence-electron chi connectivity index (χ3n) is 11.1. The monoisotopic (exact) mass is 908 g/mol. The van der Waals surface area contributed by atoms with Gasteiger partial charge in [0.2, 0.25) is 0 Å². The van der Waals surface area contributed by atoms with Crippen molar-refractivity contribution >= 4 is 45.3 Å². The van der Waals surface area contributed by atoms with Crippen molar-refractivity contribution in [3.63, 3.8) is 0 Å². The topological polar surface area (TPSA) is 222 Å². The Bertz CT molecular complexity index is 3380. The number of fused-ring (bicyclic) bond motifs is 2. The summed E-state index contributed by atoms with van der Waals surface area (Å²) in [4.78, 5) is 51.4. The van der Waals surface area contributed by atoms with Gasteiger partial charge in [-0.25, -0.2) is 24.7 Å². The van der Waals surface area contributed by atoms with Crippen LogP contribution in [0.3, 0.4) is 0 Å². The summed E-state index contributed by atoms with van der Waals surface area (Å²) in [6, 6.07) is 58.1. The highest BCUT2D eigenvalue weighted by molar-refractivity contribution is 5.99. The van der Waals surface area contributed by atoms with Crippen LogP contribution in [0.15, 0.2) is 194 Å². The minimum absolute atomic E-state index is 0.0859. The molecule has 13 nitrogen and oxygen atoms in total. The third-order valence-corrected chi connectivity index (χ3v) is 11.1. The van der Waals surface area contributed by atoms with Crippen LogP contribution in [0.25, 0.3) is 66.8 Å². The first kappa shape index (κ1) is 46.3. The maximum absolute atomic E-state index is 13.2. The minimum Gasteiger partial charge on any atom is -0.476 e. The molecule has 6 aromatic carbocycles. The number of carbonyl (C=O) groups is 2. The minimum atomic E-state index is -1.21. The van der Waals surface area contributed by atoms with Gasteiger partial charge in [0, 0.05) is 51.5 Å². The van der Waals surface area contributed by atoms with Crippen molar-refractivity contribution in [3.8, 4) is 45.0 Å². The van der Waals surface area contributed by atoms with Crippen LogP contribution in [-0.2, 0) is 0 Å². The third kappa shape index (κ3) is 11.1. The number of aromatic nitrogens is 6. The summed E-state index contributed by atoms with van der Waals surface area (Å²) in [7, 11) is 0. The molecule has 10 aromatic rings. The first-order valence-electron chi connectivity index (χ1n) is 22.1. The number of amides is 1. The number of nitrogens with one attached hydrogen (secondary N) is 1. The fourth-order valence-electron chi connectivity index (χ4n) is 7.51. The van der Waals surface area contributed by atoms with E-state index in [9.17, 15) is 14.7 Å². The Kier molecular flexibility index (Phi) is 14.4. The number of benzene rings is 6. The van der Waals surface area contributed by atoms with Gasteiger partial charge in [-0.05, 0) is 61.4 Å². The summed E-state index contributed by atoms with van der Waals surface area (Å²) < 4.78 is 0. The molecular formula is C56H48N10O3. The molecule has 2 unspecified atom stereocenters. The second-order valence-corrected chi connectivity index (χ2v) is 16.0. The number of nitrogen functional groups attached to an aromatic ring is 2. The first-order chi connectivity index (χ1) is 33.5. The number of pyridine rings is 2. The van der Waals surface area contributed by atoms with E-state index in [2.05, 4.69) is 30.2 Å². The van der Waals surface area contributed by atoms with Crippen molar-refractivity contribution in [2.24, 2.45) is 5.73 Å². The van der Waals surface area contributed by atoms with Crippen LogP contribution in [0.4, 0.5) is 11.6 Å². The molecule has 0 aliphatic rings. The lowest BCUT2D eigenvalue weighted by atomic mass is 10.0. The van der Waals surface area contributed by atoms with Gasteiger partial charge in [0.1, 0.15) is 0 Å². The molecule has 0 bridgehead atoms. The Labute approximate surface area is 398 Å². The van der Waals surface area contributed by atoms with Gasteiger partial charge in [-0.2, -0.15) is 0 Å². The van der Waals surface area contributed by atoms with E-state index in [1.54, 1.807) is 12.4 Å². The smallest absolute Gasteiger partial charge is 0.358 e. The number of rotatable bonds is 9. The van der Waals surface area contributed by atoms with E-state index in [1.807, 2.05) is 196 Å². The summed E-state index contributed by atoms with van der Waals surface area (Å²) in [5.74, 6) is -1.60. The average molecular weight is 909 g/mol. The van der Waals surface area contributed by atoms with Gasteiger partial charge in [-0.3, -0.25) is 14.8 Å². The standard InChI is InChI=1S/C28H23N5O.C20H14N4O2.C8H11N/c1-18(19-9-4-2-5-10-19)31-28(34)26-27(29)33-24(20-11-6-3-7-12-20)25(32-26)22-14-15-23-21(17-22)13-8-16-30-23;21-19-18(20(25)26)23-17(16(24-19)12-5-2-1-3-6-12)14-8-9-15-13(11-14)7-4-10-22-15;1-7(9)8-5-3-2-4-6-8/h2-18H,1H3,(H2,29,33)(H,31,34);1-11H,(H2,21,24)(H,25,26);2-7H,9H2,1H3. The maximum atomic E-state index is 13.2. The maximum Gasteiger partial charge on any atom is 0.358 e. The predicted octanol–water partition coefficient (Wildman–Crippen LogP) is 10.8. The van der Waals surface area contributed by atoms with E-state index in [1.165, 1.54) is 5.56 Å². The van der Waals surface area contributed by atoms with E-state index in [4.69, 9.17) is 22.2 Å². The molecule has 2 atom stereocenters. The van der Waals surface area contributed by atoms with Crippen LogP contribution in [0, 0.1) is 0 Å². The summed E-state index contributed by atoms with van der Waals surface area (Å²) in [5, 5.41) is 14.3. The highest BCUT2D eigenvalue weighted by atomic mass is 16.4. The molecule has 0 saturated carbocycles. The number of anilines is 2. The van der Waals surface area contributed by atoms with Crippen LogP contribution >= 0.6 is 0 Å². The zero-order valence-corrected chi connectivity index (χ0v) is 37.8. The molecule has 0 aliphatic heterocycles. The molecule has 1 amide bonds. The van der Waals surface area contributed by atoms with E-state index >= 15 is 0 Å². The van der Waals surface area contributed by atoms with Gasteiger partial charge >= 0.3 is 5.97 Å². The van der Waals surface area contributed by atoms with Crippen molar-refractivity contribution < 1.29 is 14.7 Å². The first-order valence-corrected chi connectivity index (χ1v) is 22.1. The second-order valence-electron chi connectivity index (χ2n) is 16.0. The van der Waals surface area contributed by atoms with Gasteiger partial charge in [0.15, 0.2) is 23.0 Å². The summed E-state index contributed by atoms with van der Waals surface area (Å²) in [6.07, 6.45) is 3.49. The van der Waals surface area contributed by atoms with E-state index in [0.717, 1.165) is 49.6 Å². The van der Waals surface area contributed by atoms with Gasteiger partial charge in [0.05, 0.1) is 39.9 Å².